The molecule has 2 aliphatic heterocycles. The summed E-state index contributed by atoms with van der Waals surface area (Å²) < 4.78 is 13.3. The first-order chi connectivity index (χ1) is 24.6. The number of nitrogens with zero attached hydrogens (tertiary/aromatic N) is 1. The molecule has 3 nitrogen and oxygen atoms in total. The Bertz CT molecular complexity index is 859. The first-order valence-corrected chi connectivity index (χ1v) is 22.2. The Labute approximate surface area is 312 Å². The van der Waals surface area contributed by atoms with Crippen molar-refractivity contribution < 1.29 is 9.47 Å². The quantitative estimate of drug-likeness (QED) is 0.0552. The van der Waals surface area contributed by atoms with E-state index in [1.54, 1.807) is 0 Å². The van der Waals surface area contributed by atoms with Crippen LogP contribution in [0.25, 0.3) is 0 Å². The van der Waals surface area contributed by atoms with E-state index in [1.165, 1.54) is 167 Å². The number of unbranched alkanes of at least 4 members (excludes halogenated alkanes) is 18. The molecule has 288 valence electrons. The van der Waals surface area contributed by atoms with Crippen molar-refractivity contribution in [2.45, 2.75) is 224 Å². The highest BCUT2D eigenvalue weighted by Gasteiger charge is 2.53. The molecule has 3 rings (SSSR count). The predicted octanol–water partition coefficient (Wildman–Crippen LogP) is 14.4. The van der Waals surface area contributed by atoms with Gasteiger partial charge in [0.05, 0.1) is 0 Å². The molecule has 2 heterocycles. The molecule has 50 heavy (non-hydrogen) atoms. The molecule has 0 aromatic heterocycles. The Kier molecular flexibility index (Phi) is 23.7. The normalized spacial score (nSPS) is 25.9. The van der Waals surface area contributed by atoms with Crippen LogP contribution < -0.4 is 0 Å². The van der Waals surface area contributed by atoms with Gasteiger partial charge in [0.1, 0.15) is 12.2 Å². The lowest BCUT2D eigenvalue weighted by atomic mass is 9.66. The molecule has 2 saturated heterocycles. The highest BCUT2D eigenvalue weighted by molar-refractivity contribution is 4.98. The van der Waals surface area contributed by atoms with E-state index in [9.17, 15) is 0 Å². The van der Waals surface area contributed by atoms with Gasteiger partial charge in [0, 0.05) is 25.9 Å². The largest absolute Gasteiger partial charge is 0.343 e. The molecule has 0 N–H and O–H groups in total. The van der Waals surface area contributed by atoms with Crippen LogP contribution in [0.1, 0.15) is 206 Å². The third kappa shape index (κ3) is 18.6. The molecule has 0 radical (unpaired) electrons. The zero-order valence-electron chi connectivity index (χ0n) is 33.7. The van der Waals surface area contributed by atoms with Crippen LogP contribution in [0.5, 0.6) is 0 Å². The van der Waals surface area contributed by atoms with Gasteiger partial charge in [-0.1, -0.05) is 152 Å². The van der Waals surface area contributed by atoms with Gasteiger partial charge < -0.3 is 14.4 Å². The van der Waals surface area contributed by atoms with Crippen LogP contribution in [0.15, 0.2) is 48.6 Å². The Morgan fingerprint density at radius 3 is 1.22 bits per heavy atom. The number of allylic oxidation sites excluding steroid dienone is 8. The van der Waals surface area contributed by atoms with Crippen molar-refractivity contribution in [3.8, 4) is 0 Å². The third-order valence-corrected chi connectivity index (χ3v) is 12.0. The number of hydrogen-bond acceptors (Lipinski definition) is 3. The third-order valence-electron chi connectivity index (χ3n) is 12.0. The average molecular weight is 694 g/mol. The lowest BCUT2D eigenvalue weighted by Crippen LogP contribution is -2.42. The van der Waals surface area contributed by atoms with Gasteiger partial charge in [-0.2, -0.15) is 0 Å². The molecule has 0 aromatic rings. The first-order valence-electron chi connectivity index (χ1n) is 22.2. The van der Waals surface area contributed by atoms with Crippen LogP contribution in [0.2, 0.25) is 0 Å². The van der Waals surface area contributed by atoms with Gasteiger partial charge >= 0.3 is 0 Å². The Hall–Kier alpha value is -1.16. The number of ether oxygens (including phenoxy) is 2. The molecule has 1 aliphatic carbocycles. The summed E-state index contributed by atoms with van der Waals surface area (Å²) in [5.74, 6) is -0.265. The van der Waals surface area contributed by atoms with E-state index >= 15 is 0 Å². The van der Waals surface area contributed by atoms with E-state index in [0.717, 1.165) is 38.8 Å². The number of rotatable bonds is 30. The maximum Gasteiger partial charge on any atom is 0.169 e. The summed E-state index contributed by atoms with van der Waals surface area (Å²) in [5, 5.41) is 0. The smallest absolute Gasteiger partial charge is 0.169 e. The van der Waals surface area contributed by atoms with Gasteiger partial charge in [0.15, 0.2) is 5.79 Å². The fraction of sp³-hybridized carbons (Fsp3) is 0.830. The van der Waals surface area contributed by atoms with E-state index in [4.69, 9.17) is 9.47 Å². The Balaban J connectivity index is 1.26. The minimum atomic E-state index is -0.265. The predicted molar refractivity (Wildman–Crippen MR) is 219 cm³/mol. The SMILES string of the molecule is CCCCCC=CCC=CCCCCCCCCC1(CCCCCCCCC=CCC=CCCCCC)CCC2(CC1)OC1CN(C)CC1O2. The van der Waals surface area contributed by atoms with Crippen LogP contribution in [0, 0.1) is 5.41 Å². The molecule has 1 spiro atoms. The number of likely N-dealkylation sites (N-methyl/N-ethyl adjacent to an activating group) is 1. The van der Waals surface area contributed by atoms with Gasteiger partial charge in [0.25, 0.3) is 0 Å². The lowest BCUT2D eigenvalue weighted by Gasteiger charge is -2.45. The second kappa shape index (κ2) is 27.4. The molecule has 0 amide bonds. The molecule has 3 fully saturated rings. The van der Waals surface area contributed by atoms with Crippen molar-refractivity contribution in [2.75, 3.05) is 20.1 Å². The van der Waals surface area contributed by atoms with Crippen LogP contribution in [-0.4, -0.2) is 43.0 Å². The van der Waals surface area contributed by atoms with E-state index in [0.29, 0.717) is 17.6 Å². The van der Waals surface area contributed by atoms with Crippen molar-refractivity contribution in [2.24, 2.45) is 5.41 Å². The zero-order valence-corrected chi connectivity index (χ0v) is 33.7. The number of fused-ring (bicyclic) bond motifs is 1. The molecular weight excluding hydrogens is 611 g/mol. The topological polar surface area (TPSA) is 21.7 Å². The molecule has 3 aliphatic rings. The van der Waals surface area contributed by atoms with E-state index in [2.05, 4.69) is 74.4 Å². The van der Waals surface area contributed by atoms with E-state index < -0.39 is 0 Å². The summed E-state index contributed by atoms with van der Waals surface area (Å²) in [6.07, 6.45) is 59.4. The summed E-state index contributed by atoms with van der Waals surface area (Å²) in [5.41, 5.74) is 0.525. The average Bonchev–Trinajstić information content (AvgIpc) is 3.62. The summed E-state index contributed by atoms with van der Waals surface area (Å²) in [7, 11) is 2.20. The highest BCUT2D eigenvalue weighted by Crippen LogP contribution is 2.52. The van der Waals surface area contributed by atoms with Gasteiger partial charge in [-0.05, 0) is 102 Å². The molecule has 2 unspecified atom stereocenters. The molecule has 1 saturated carbocycles. The molecule has 2 atom stereocenters. The minimum Gasteiger partial charge on any atom is -0.343 e. The van der Waals surface area contributed by atoms with Crippen LogP contribution in [0.4, 0.5) is 0 Å². The van der Waals surface area contributed by atoms with Crippen LogP contribution >= 0.6 is 0 Å². The minimum absolute atomic E-state index is 0.265. The summed E-state index contributed by atoms with van der Waals surface area (Å²) in [6, 6.07) is 0. The Morgan fingerprint density at radius 2 is 0.820 bits per heavy atom. The standard InChI is InChI=1S/C47H83NO2/c1-4-6-8-10-12-14-16-18-20-22-24-26-28-30-32-34-36-46(38-40-47(41-39-46)49-44-42-48(3)43-45(44)50-47)37-35-33-31-29-27-25-23-21-19-17-15-13-11-9-7-5-2/h12-15,18-21,44-45H,4-11,16-17,22-43H2,1-3H3. The van der Waals surface area contributed by atoms with Gasteiger partial charge in [-0.25, -0.2) is 0 Å². The van der Waals surface area contributed by atoms with Crippen molar-refractivity contribution in [3.05, 3.63) is 48.6 Å². The highest BCUT2D eigenvalue weighted by atomic mass is 16.8. The fourth-order valence-electron chi connectivity index (χ4n) is 8.73. The van der Waals surface area contributed by atoms with E-state index in [1.807, 2.05) is 0 Å². The van der Waals surface area contributed by atoms with Gasteiger partial charge in [-0.3, -0.25) is 0 Å². The summed E-state index contributed by atoms with van der Waals surface area (Å²) >= 11 is 0. The van der Waals surface area contributed by atoms with E-state index in [-0.39, 0.29) is 5.79 Å². The summed E-state index contributed by atoms with van der Waals surface area (Å²) in [4.78, 5) is 2.37. The maximum absolute atomic E-state index is 6.67. The van der Waals surface area contributed by atoms with Gasteiger partial charge in [-0.15, -0.1) is 0 Å². The van der Waals surface area contributed by atoms with Crippen molar-refractivity contribution in [1.82, 2.24) is 4.90 Å². The van der Waals surface area contributed by atoms with Crippen molar-refractivity contribution in [1.29, 1.82) is 0 Å². The number of likely N-dealkylation sites (tertiary alicyclic amines) is 1. The first kappa shape index (κ1) is 43.2. The maximum atomic E-state index is 6.67. The molecular formula is C47H83NO2. The second-order valence-electron chi connectivity index (χ2n) is 16.6. The lowest BCUT2D eigenvalue weighted by molar-refractivity contribution is -0.214. The second-order valence-corrected chi connectivity index (χ2v) is 16.6. The molecule has 0 aromatic carbocycles. The van der Waals surface area contributed by atoms with Crippen LogP contribution in [-0.2, 0) is 9.47 Å². The molecule has 0 bridgehead atoms. The Morgan fingerprint density at radius 1 is 0.460 bits per heavy atom. The monoisotopic (exact) mass is 694 g/mol. The van der Waals surface area contributed by atoms with Gasteiger partial charge in [0.2, 0.25) is 0 Å². The summed E-state index contributed by atoms with van der Waals surface area (Å²) in [6.45, 7) is 6.63. The van der Waals surface area contributed by atoms with Crippen molar-refractivity contribution in [3.63, 3.8) is 0 Å². The zero-order chi connectivity index (χ0) is 35.4. The van der Waals surface area contributed by atoms with Crippen molar-refractivity contribution >= 4 is 0 Å². The molecule has 3 heteroatoms. The number of hydrogen-bond donors (Lipinski definition) is 0. The fourth-order valence-corrected chi connectivity index (χ4v) is 8.73. The van der Waals surface area contributed by atoms with Crippen LogP contribution in [0.3, 0.4) is 0 Å².